The minimum atomic E-state index is -4.60. The number of likely N-dealkylation sites (tertiary alicyclic amines) is 1. The summed E-state index contributed by atoms with van der Waals surface area (Å²) in [5.41, 5.74) is 0. The molecule has 0 radical (unpaired) electrons. The van der Waals surface area contributed by atoms with Crippen LogP contribution in [0.2, 0.25) is 0 Å². The van der Waals surface area contributed by atoms with Gasteiger partial charge in [0, 0.05) is 30.2 Å². The van der Waals surface area contributed by atoms with Crippen LogP contribution in [0.25, 0.3) is 6.08 Å². The van der Waals surface area contributed by atoms with Gasteiger partial charge in [0.05, 0.1) is 5.01 Å². The highest BCUT2D eigenvalue weighted by Gasteiger charge is 2.44. The quantitative estimate of drug-likeness (QED) is 0.865. The minimum Gasteiger partial charge on any atom is -0.383 e. The second-order valence-electron chi connectivity index (χ2n) is 5.26. The predicted octanol–water partition coefficient (Wildman–Crippen LogP) is 2.63. The molecule has 1 aromatic heterocycles. The van der Waals surface area contributed by atoms with Crippen molar-refractivity contribution in [2.24, 2.45) is 5.92 Å². The maximum Gasteiger partial charge on any atom is 0.414 e. The average Bonchev–Trinajstić information content (AvgIpc) is 2.89. The third-order valence-corrected chi connectivity index (χ3v) is 4.54. The number of rotatable bonds is 3. The molecule has 122 valence electrons. The summed E-state index contributed by atoms with van der Waals surface area (Å²) in [6.45, 7) is 2.31. The van der Waals surface area contributed by atoms with Crippen molar-refractivity contribution in [1.82, 2.24) is 9.88 Å². The number of thiazole rings is 1. The van der Waals surface area contributed by atoms with Crippen LogP contribution in [0.3, 0.4) is 0 Å². The van der Waals surface area contributed by atoms with Crippen molar-refractivity contribution >= 4 is 23.3 Å². The van der Waals surface area contributed by atoms with Crippen LogP contribution in [0.5, 0.6) is 0 Å². The number of halogens is 3. The predicted molar refractivity (Wildman–Crippen MR) is 77.3 cm³/mol. The van der Waals surface area contributed by atoms with Gasteiger partial charge in [0.1, 0.15) is 0 Å². The van der Waals surface area contributed by atoms with Crippen molar-refractivity contribution in [2.45, 2.75) is 32.0 Å². The fourth-order valence-electron chi connectivity index (χ4n) is 2.42. The van der Waals surface area contributed by atoms with Gasteiger partial charge >= 0.3 is 6.18 Å². The summed E-state index contributed by atoms with van der Waals surface area (Å²) in [4.78, 5) is 18.4. The van der Waals surface area contributed by atoms with Gasteiger partial charge in [0.25, 0.3) is 0 Å². The first-order valence-electron chi connectivity index (χ1n) is 6.91. The molecule has 0 bridgehead atoms. The molecule has 1 aliphatic heterocycles. The number of aliphatic hydroxyl groups excluding tert-OH is 1. The average molecular weight is 334 g/mol. The Morgan fingerprint density at radius 1 is 1.50 bits per heavy atom. The first-order valence-corrected chi connectivity index (χ1v) is 7.73. The number of alkyl halides is 3. The van der Waals surface area contributed by atoms with Crippen molar-refractivity contribution in [1.29, 1.82) is 0 Å². The zero-order valence-electron chi connectivity index (χ0n) is 12.0. The van der Waals surface area contributed by atoms with Crippen LogP contribution in [0.4, 0.5) is 13.2 Å². The molecule has 22 heavy (non-hydrogen) atoms. The Morgan fingerprint density at radius 3 is 2.64 bits per heavy atom. The maximum absolute atomic E-state index is 12.5. The molecular weight excluding hydrogens is 317 g/mol. The summed E-state index contributed by atoms with van der Waals surface area (Å²) in [6.07, 6.45) is -1.87. The Balaban J connectivity index is 1.86. The molecule has 1 amide bonds. The van der Waals surface area contributed by atoms with E-state index in [0.29, 0.717) is 0 Å². The fourth-order valence-corrected chi connectivity index (χ4v) is 3.10. The summed E-state index contributed by atoms with van der Waals surface area (Å²) in [5, 5.41) is 10.1. The summed E-state index contributed by atoms with van der Waals surface area (Å²) >= 11 is 1.46. The normalized spacial score (nSPS) is 18.9. The molecular formula is C14H17F3N2O2S. The molecule has 4 nitrogen and oxygen atoms in total. The number of aryl methyl sites for hydroxylation is 1. The molecule has 0 aromatic carbocycles. The maximum atomic E-state index is 12.5. The van der Waals surface area contributed by atoms with Crippen LogP contribution >= 0.6 is 11.3 Å². The zero-order valence-corrected chi connectivity index (χ0v) is 12.8. The third-order valence-electron chi connectivity index (χ3n) is 3.66. The molecule has 0 spiro atoms. The summed E-state index contributed by atoms with van der Waals surface area (Å²) in [7, 11) is 0. The Kier molecular flexibility index (Phi) is 5.23. The lowest BCUT2D eigenvalue weighted by atomic mass is 9.91. The molecule has 1 fully saturated rings. The topological polar surface area (TPSA) is 53.4 Å². The Labute approximate surface area is 130 Å². The van der Waals surface area contributed by atoms with Gasteiger partial charge < -0.3 is 10.0 Å². The molecule has 8 heteroatoms. The molecule has 1 aromatic rings. The van der Waals surface area contributed by atoms with E-state index in [1.165, 1.54) is 22.3 Å². The molecule has 2 heterocycles. The van der Waals surface area contributed by atoms with Crippen LogP contribution in [0, 0.1) is 12.8 Å². The molecule has 1 atom stereocenters. The summed E-state index contributed by atoms with van der Waals surface area (Å²) in [6, 6.07) is 0. The van der Waals surface area contributed by atoms with Gasteiger partial charge in [-0.05, 0) is 31.8 Å². The van der Waals surface area contributed by atoms with E-state index in [9.17, 15) is 23.1 Å². The lowest BCUT2D eigenvalue weighted by molar-refractivity contribution is -0.222. The highest BCUT2D eigenvalue weighted by molar-refractivity contribution is 7.12. The number of aromatic nitrogens is 1. The van der Waals surface area contributed by atoms with Crippen molar-refractivity contribution < 1.29 is 23.1 Å². The van der Waals surface area contributed by atoms with Crippen molar-refractivity contribution in [3.05, 3.63) is 22.2 Å². The van der Waals surface area contributed by atoms with E-state index in [-0.39, 0.29) is 31.8 Å². The number of hydrogen-bond acceptors (Lipinski definition) is 4. The Morgan fingerprint density at radius 2 is 2.14 bits per heavy atom. The Hall–Kier alpha value is -1.41. The van der Waals surface area contributed by atoms with Crippen LogP contribution in [0.15, 0.2) is 12.3 Å². The highest BCUT2D eigenvalue weighted by atomic mass is 32.1. The SMILES string of the molecule is Cc1ncc(/C=C/C(=O)N2CCC(C(O)C(F)(F)F)CC2)s1. The monoisotopic (exact) mass is 334 g/mol. The van der Waals surface area contributed by atoms with Gasteiger partial charge in [-0.1, -0.05) is 0 Å². The smallest absolute Gasteiger partial charge is 0.383 e. The van der Waals surface area contributed by atoms with E-state index in [4.69, 9.17) is 0 Å². The van der Waals surface area contributed by atoms with E-state index >= 15 is 0 Å². The van der Waals surface area contributed by atoms with E-state index in [2.05, 4.69) is 4.98 Å². The second-order valence-corrected chi connectivity index (χ2v) is 6.53. The van der Waals surface area contributed by atoms with Gasteiger partial charge in [-0.15, -0.1) is 11.3 Å². The lowest BCUT2D eigenvalue weighted by Gasteiger charge is -2.34. The van der Waals surface area contributed by atoms with E-state index in [1.54, 1.807) is 12.3 Å². The fraction of sp³-hybridized carbons (Fsp3) is 0.571. The molecule has 2 rings (SSSR count). The van der Waals surface area contributed by atoms with E-state index < -0.39 is 18.2 Å². The van der Waals surface area contributed by atoms with Gasteiger partial charge in [-0.2, -0.15) is 13.2 Å². The highest BCUT2D eigenvalue weighted by Crippen LogP contribution is 2.31. The molecule has 1 saturated heterocycles. The molecule has 1 N–H and O–H groups in total. The number of piperidine rings is 1. The van der Waals surface area contributed by atoms with Crippen LogP contribution in [-0.4, -0.2) is 46.3 Å². The number of carbonyl (C=O) groups excluding carboxylic acids is 1. The first-order chi connectivity index (χ1) is 10.3. The van der Waals surface area contributed by atoms with Crippen molar-refractivity contribution in [3.8, 4) is 0 Å². The molecule has 1 aliphatic rings. The number of nitrogens with zero attached hydrogens (tertiary/aromatic N) is 2. The number of amides is 1. The zero-order chi connectivity index (χ0) is 16.3. The number of hydrogen-bond donors (Lipinski definition) is 1. The second kappa shape index (κ2) is 6.78. The van der Waals surface area contributed by atoms with Gasteiger partial charge in [0.2, 0.25) is 5.91 Å². The third kappa shape index (κ3) is 4.30. The van der Waals surface area contributed by atoms with Crippen LogP contribution in [-0.2, 0) is 4.79 Å². The Bertz CT molecular complexity index is 549. The van der Waals surface area contributed by atoms with E-state index in [0.717, 1.165) is 9.88 Å². The summed E-state index contributed by atoms with van der Waals surface area (Å²) < 4.78 is 37.4. The van der Waals surface area contributed by atoms with Gasteiger partial charge in [0.15, 0.2) is 6.10 Å². The standard InChI is InChI=1S/C14H17F3N2O2S/c1-9-18-8-11(22-9)2-3-12(20)19-6-4-10(5-7-19)13(21)14(15,16)17/h2-3,8,10,13,21H,4-7H2,1H3/b3-2+. The number of carbonyl (C=O) groups is 1. The minimum absolute atomic E-state index is 0.153. The van der Waals surface area contributed by atoms with Crippen molar-refractivity contribution in [3.63, 3.8) is 0 Å². The van der Waals surface area contributed by atoms with Gasteiger partial charge in [-0.3, -0.25) is 4.79 Å². The van der Waals surface area contributed by atoms with Gasteiger partial charge in [-0.25, -0.2) is 4.98 Å². The molecule has 0 saturated carbocycles. The molecule has 1 unspecified atom stereocenters. The van der Waals surface area contributed by atoms with E-state index in [1.807, 2.05) is 6.92 Å². The van der Waals surface area contributed by atoms with Crippen LogP contribution in [0.1, 0.15) is 22.7 Å². The van der Waals surface area contributed by atoms with Crippen LogP contribution < -0.4 is 0 Å². The first kappa shape index (κ1) is 17.0. The largest absolute Gasteiger partial charge is 0.414 e. The lowest BCUT2D eigenvalue weighted by Crippen LogP contribution is -2.44. The molecule has 0 aliphatic carbocycles. The number of aliphatic hydroxyl groups is 1. The van der Waals surface area contributed by atoms with Crippen molar-refractivity contribution in [2.75, 3.05) is 13.1 Å². The summed E-state index contributed by atoms with van der Waals surface area (Å²) in [5.74, 6) is -1.07.